The minimum atomic E-state index is -0.652. The van der Waals surface area contributed by atoms with Crippen molar-refractivity contribution in [2.24, 2.45) is 7.05 Å². The van der Waals surface area contributed by atoms with Gasteiger partial charge >= 0.3 is 0 Å². The van der Waals surface area contributed by atoms with E-state index in [0.29, 0.717) is 19.0 Å². The molecule has 0 radical (unpaired) electrons. The Bertz CT molecular complexity index is 1280. The van der Waals surface area contributed by atoms with E-state index in [1.54, 1.807) is 4.68 Å². The van der Waals surface area contributed by atoms with E-state index in [-0.39, 0.29) is 12.6 Å². The summed E-state index contributed by atoms with van der Waals surface area (Å²) in [6.07, 6.45) is -0.652. The van der Waals surface area contributed by atoms with Crippen molar-refractivity contribution in [2.75, 3.05) is 13.2 Å². The number of aryl methyl sites for hydroxylation is 3. The van der Waals surface area contributed by atoms with E-state index in [1.165, 1.54) is 5.56 Å². The van der Waals surface area contributed by atoms with Crippen LogP contribution in [0.15, 0.2) is 78.9 Å². The average Bonchev–Trinajstić information content (AvgIpc) is 3.19. The van der Waals surface area contributed by atoms with Crippen molar-refractivity contribution in [3.63, 3.8) is 0 Å². The van der Waals surface area contributed by atoms with Crippen LogP contribution in [0.1, 0.15) is 30.5 Å². The van der Waals surface area contributed by atoms with Gasteiger partial charge in [-0.3, -0.25) is 4.90 Å². The lowest BCUT2D eigenvalue weighted by atomic mass is 10.1. The Hall–Kier alpha value is -3.61. The Labute approximate surface area is 220 Å². The number of hydrogen-bond acceptors (Lipinski definition) is 5. The molecule has 0 aliphatic heterocycles. The van der Waals surface area contributed by atoms with Crippen LogP contribution in [-0.2, 0) is 13.6 Å². The van der Waals surface area contributed by atoms with Gasteiger partial charge < -0.3 is 14.6 Å². The van der Waals surface area contributed by atoms with Gasteiger partial charge in [0.1, 0.15) is 29.9 Å². The van der Waals surface area contributed by atoms with Crippen LogP contribution in [0.3, 0.4) is 0 Å². The second-order valence-electron chi connectivity index (χ2n) is 9.79. The molecule has 0 bridgehead atoms. The highest BCUT2D eigenvalue weighted by atomic mass is 16.5. The quantitative estimate of drug-likeness (QED) is 0.268. The summed E-state index contributed by atoms with van der Waals surface area (Å²) in [5.74, 6) is 2.25. The Morgan fingerprint density at radius 2 is 1.59 bits per heavy atom. The number of aromatic nitrogens is 2. The third-order valence-electron chi connectivity index (χ3n) is 6.43. The normalized spacial score (nSPS) is 12.2. The zero-order valence-electron chi connectivity index (χ0n) is 22.4. The second-order valence-corrected chi connectivity index (χ2v) is 9.79. The maximum Gasteiger partial charge on any atom is 0.222 e. The standard InChI is InChI=1S/C31H37N3O3/c1-22(2)34(19-26(35)21-36-29-14-10-9-11-24(29)4)20-28-30(25-12-7-6-8-13-25)32-33(5)31(28)37-27-17-15-23(3)16-18-27/h6-18,22,26,35H,19-21H2,1-5H3. The molecule has 4 rings (SSSR count). The highest BCUT2D eigenvalue weighted by Gasteiger charge is 2.25. The molecule has 6 heteroatoms. The van der Waals surface area contributed by atoms with E-state index < -0.39 is 6.10 Å². The van der Waals surface area contributed by atoms with Crippen LogP contribution < -0.4 is 9.47 Å². The maximum atomic E-state index is 10.9. The number of para-hydroxylation sites is 1. The molecular formula is C31H37N3O3. The Balaban J connectivity index is 1.59. The monoisotopic (exact) mass is 499 g/mol. The Morgan fingerprint density at radius 3 is 2.27 bits per heavy atom. The summed E-state index contributed by atoms with van der Waals surface area (Å²) < 4.78 is 14.1. The first-order valence-electron chi connectivity index (χ1n) is 12.8. The molecule has 4 aromatic rings. The zero-order chi connectivity index (χ0) is 26.4. The second kappa shape index (κ2) is 12.1. The minimum Gasteiger partial charge on any atom is -0.491 e. The molecule has 0 amide bonds. The molecule has 0 saturated carbocycles. The maximum absolute atomic E-state index is 10.9. The van der Waals surface area contributed by atoms with E-state index in [0.717, 1.165) is 33.9 Å². The molecule has 0 fully saturated rings. The summed E-state index contributed by atoms with van der Waals surface area (Å²) >= 11 is 0. The Kier molecular flexibility index (Phi) is 8.64. The SMILES string of the molecule is Cc1ccc(Oc2c(CN(CC(O)COc3ccccc3C)C(C)C)c(-c3ccccc3)nn2C)cc1. The van der Waals surface area contributed by atoms with Gasteiger partial charge in [-0.25, -0.2) is 4.68 Å². The highest BCUT2D eigenvalue weighted by Crippen LogP contribution is 2.34. The van der Waals surface area contributed by atoms with Crippen molar-refractivity contribution >= 4 is 0 Å². The minimum absolute atomic E-state index is 0.184. The van der Waals surface area contributed by atoms with Crippen LogP contribution in [0.4, 0.5) is 0 Å². The molecule has 0 spiro atoms. The topological polar surface area (TPSA) is 59.8 Å². The number of ether oxygens (including phenoxy) is 2. The van der Waals surface area contributed by atoms with Crippen molar-refractivity contribution in [1.82, 2.24) is 14.7 Å². The van der Waals surface area contributed by atoms with Gasteiger partial charge in [0.2, 0.25) is 5.88 Å². The van der Waals surface area contributed by atoms with Gasteiger partial charge in [-0.05, 0) is 51.5 Å². The fourth-order valence-corrected chi connectivity index (χ4v) is 4.26. The van der Waals surface area contributed by atoms with Crippen molar-refractivity contribution in [3.05, 3.63) is 95.6 Å². The first kappa shape index (κ1) is 26.5. The summed E-state index contributed by atoms with van der Waals surface area (Å²) in [5, 5.41) is 15.8. The molecule has 1 unspecified atom stereocenters. The first-order valence-corrected chi connectivity index (χ1v) is 12.8. The lowest BCUT2D eigenvalue weighted by molar-refractivity contribution is 0.0539. The van der Waals surface area contributed by atoms with Crippen LogP contribution in [0, 0.1) is 13.8 Å². The van der Waals surface area contributed by atoms with Gasteiger partial charge in [-0.15, -0.1) is 0 Å². The molecule has 37 heavy (non-hydrogen) atoms. The Morgan fingerprint density at radius 1 is 0.919 bits per heavy atom. The number of nitrogens with zero attached hydrogens (tertiary/aromatic N) is 3. The highest BCUT2D eigenvalue weighted by molar-refractivity contribution is 5.65. The fraction of sp³-hybridized carbons (Fsp3) is 0.323. The fourth-order valence-electron chi connectivity index (χ4n) is 4.26. The largest absolute Gasteiger partial charge is 0.491 e. The lowest BCUT2D eigenvalue weighted by Gasteiger charge is -2.29. The van der Waals surface area contributed by atoms with Crippen molar-refractivity contribution in [2.45, 2.75) is 46.4 Å². The molecule has 0 aliphatic carbocycles. The first-order chi connectivity index (χ1) is 17.8. The number of hydrogen-bond donors (Lipinski definition) is 1. The number of rotatable bonds is 11. The van der Waals surface area contributed by atoms with Crippen LogP contribution in [0.2, 0.25) is 0 Å². The summed E-state index contributed by atoms with van der Waals surface area (Å²) in [6.45, 7) is 9.57. The predicted molar refractivity (Wildman–Crippen MR) is 148 cm³/mol. The van der Waals surface area contributed by atoms with Crippen molar-refractivity contribution < 1.29 is 14.6 Å². The van der Waals surface area contributed by atoms with Crippen LogP contribution in [0.5, 0.6) is 17.4 Å². The lowest BCUT2D eigenvalue weighted by Crippen LogP contribution is -2.39. The molecule has 1 atom stereocenters. The van der Waals surface area contributed by atoms with Crippen LogP contribution >= 0.6 is 0 Å². The smallest absolute Gasteiger partial charge is 0.222 e. The molecule has 0 aliphatic rings. The summed E-state index contributed by atoms with van der Waals surface area (Å²) in [6, 6.07) is 26.2. The van der Waals surface area contributed by atoms with E-state index in [9.17, 15) is 5.11 Å². The summed E-state index contributed by atoms with van der Waals surface area (Å²) in [5.41, 5.74) is 5.11. The molecule has 1 N–H and O–H groups in total. The third kappa shape index (κ3) is 6.79. The van der Waals surface area contributed by atoms with Crippen molar-refractivity contribution in [1.29, 1.82) is 0 Å². The van der Waals surface area contributed by atoms with Crippen LogP contribution in [0.25, 0.3) is 11.3 Å². The van der Waals surface area contributed by atoms with E-state index >= 15 is 0 Å². The molecule has 0 saturated heterocycles. The predicted octanol–water partition coefficient (Wildman–Crippen LogP) is 6.15. The molecule has 6 nitrogen and oxygen atoms in total. The van der Waals surface area contributed by atoms with Gasteiger partial charge in [0.25, 0.3) is 0 Å². The van der Waals surface area contributed by atoms with Gasteiger partial charge in [0.05, 0.1) is 5.56 Å². The van der Waals surface area contributed by atoms with Gasteiger partial charge in [0, 0.05) is 31.7 Å². The number of aliphatic hydroxyl groups is 1. The average molecular weight is 500 g/mol. The molecule has 1 heterocycles. The van der Waals surface area contributed by atoms with Crippen LogP contribution in [-0.4, -0.2) is 45.1 Å². The molecular weight excluding hydrogens is 462 g/mol. The van der Waals surface area contributed by atoms with E-state index in [1.807, 2.05) is 80.7 Å². The summed E-state index contributed by atoms with van der Waals surface area (Å²) in [4.78, 5) is 2.23. The summed E-state index contributed by atoms with van der Waals surface area (Å²) in [7, 11) is 1.91. The van der Waals surface area contributed by atoms with E-state index in [2.05, 4.69) is 37.8 Å². The number of benzene rings is 3. The van der Waals surface area contributed by atoms with Gasteiger partial charge in [-0.2, -0.15) is 5.10 Å². The van der Waals surface area contributed by atoms with Gasteiger partial charge in [-0.1, -0.05) is 66.2 Å². The molecule has 3 aromatic carbocycles. The van der Waals surface area contributed by atoms with Crippen molar-refractivity contribution in [3.8, 4) is 28.6 Å². The van der Waals surface area contributed by atoms with E-state index in [4.69, 9.17) is 14.6 Å². The van der Waals surface area contributed by atoms with Gasteiger partial charge in [0.15, 0.2) is 0 Å². The molecule has 1 aromatic heterocycles. The molecule has 194 valence electrons. The number of aliphatic hydroxyl groups excluding tert-OH is 1. The third-order valence-corrected chi connectivity index (χ3v) is 6.43. The zero-order valence-corrected chi connectivity index (χ0v) is 22.4.